The van der Waals surface area contributed by atoms with E-state index in [1.54, 1.807) is 11.0 Å². The minimum Gasteiger partial charge on any atom is -0.266 e. The Kier molecular flexibility index (Phi) is 6.78. The van der Waals surface area contributed by atoms with E-state index >= 15 is 0 Å². The summed E-state index contributed by atoms with van der Waals surface area (Å²) < 4.78 is 5.74. The summed E-state index contributed by atoms with van der Waals surface area (Å²) >= 11 is 0. The molecule has 0 fully saturated rings. The van der Waals surface area contributed by atoms with Crippen LogP contribution in [0.25, 0.3) is 22.5 Å². The third-order valence-corrected chi connectivity index (χ3v) is 5.28. The van der Waals surface area contributed by atoms with Crippen LogP contribution >= 0.6 is 0 Å². The van der Waals surface area contributed by atoms with Crippen molar-refractivity contribution >= 4 is 57.0 Å². The molecular weight excluding hydrogens is 415 g/mol. The summed E-state index contributed by atoms with van der Waals surface area (Å²) in [7, 11) is 0. The van der Waals surface area contributed by atoms with Crippen molar-refractivity contribution in [3.05, 3.63) is 78.0 Å². The fraction of sp³-hybridized carbons (Fsp3) is 0.227. The Morgan fingerprint density at radius 1 is 0.935 bits per heavy atom. The molecule has 1 radical (unpaired) electrons. The van der Waals surface area contributed by atoms with Gasteiger partial charge in [-0.05, 0) is 34.0 Å². The number of aryl methyl sites for hydroxylation is 2. The number of para-hydroxylation sites is 1. The Morgan fingerprint density at radius 2 is 1.74 bits per heavy atom. The molecule has 0 atom stereocenters. The molecule has 0 amide bonds. The first-order valence-electron chi connectivity index (χ1n) is 10.1. The monoisotopic (exact) mass is 437 g/mol. The maximum absolute atomic E-state index is 4.66. The number of hydrogen-bond acceptors (Lipinski definition) is 5. The van der Waals surface area contributed by atoms with Crippen molar-refractivity contribution in [1.29, 1.82) is 0 Å². The van der Waals surface area contributed by atoms with Crippen LogP contribution in [0.2, 0.25) is 0 Å². The van der Waals surface area contributed by atoms with Gasteiger partial charge in [-0.1, -0.05) is 56.3 Å². The van der Waals surface area contributed by atoms with Gasteiger partial charge in [-0.25, -0.2) is 4.98 Å². The van der Waals surface area contributed by atoms with Gasteiger partial charge in [0.05, 0.1) is 12.2 Å². The summed E-state index contributed by atoms with van der Waals surface area (Å²) in [5.41, 5.74) is 6.52. The molecule has 0 bridgehead atoms. The summed E-state index contributed by atoms with van der Waals surface area (Å²) in [4.78, 5) is 4.66. The van der Waals surface area contributed by atoms with E-state index < -0.39 is 0 Å². The fourth-order valence-electron chi connectivity index (χ4n) is 3.70. The van der Waals surface area contributed by atoms with Gasteiger partial charge in [0.15, 0.2) is 11.5 Å². The molecule has 0 unspecified atom stereocenters. The zero-order valence-electron chi connectivity index (χ0n) is 18.0. The molecule has 9 heteroatoms. The summed E-state index contributed by atoms with van der Waals surface area (Å²) in [6, 6.07) is 16.7. The maximum atomic E-state index is 4.66. The standard InChI is InChI=1S/C22H22N8.K/c1-3-17-14-28(30-22(17)24-21(4-2)25-30)13-16-9-11-18(12-10-16)19-7-5-6-8-20(19)29-15-23-26-27-29;/h5-12,14-15H,3-4,13H2,1-2H3;. The van der Waals surface area contributed by atoms with Gasteiger partial charge >= 0.3 is 0 Å². The number of aromatic nitrogens is 8. The van der Waals surface area contributed by atoms with Gasteiger partial charge in [-0.2, -0.15) is 9.31 Å². The second-order valence-electron chi connectivity index (χ2n) is 7.17. The Morgan fingerprint density at radius 3 is 2.45 bits per heavy atom. The van der Waals surface area contributed by atoms with E-state index in [-0.39, 0.29) is 51.4 Å². The van der Waals surface area contributed by atoms with E-state index in [0.717, 1.165) is 47.7 Å². The molecule has 0 aliphatic heterocycles. The fourth-order valence-corrected chi connectivity index (χ4v) is 3.70. The average molecular weight is 438 g/mol. The minimum absolute atomic E-state index is 0. The summed E-state index contributed by atoms with van der Waals surface area (Å²) in [6.45, 7) is 4.96. The van der Waals surface area contributed by atoms with Gasteiger partial charge in [0, 0.05) is 75.1 Å². The Labute approximate surface area is 222 Å². The van der Waals surface area contributed by atoms with Crippen LogP contribution in [-0.2, 0) is 19.4 Å². The second-order valence-corrected chi connectivity index (χ2v) is 7.17. The predicted molar refractivity (Wildman–Crippen MR) is 119 cm³/mol. The van der Waals surface area contributed by atoms with Crippen molar-refractivity contribution in [2.24, 2.45) is 0 Å². The predicted octanol–water partition coefficient (Wildman–Crippen LogP) is 2.97. The van der Waals surface area contributed by atoms with Crippen LogP contribution in [0.4, 0.5) is 0 Å². The molecule has 5 rings (SSSR count). The van der Waals surface area contributed by atoms with Crippen LogP contribution in [0.1, 0.15) is 30.8 Å². The Balaban J connectivity index is 0.00000231. The molecular formula is C22H22KN8. The van der Waals surface area contributed by atoms with Crippen LogP contribution in [0.5, 0.6) is 0 Å². The third kappa shape index (κ3) is 4.28. The third-order valence-electron chi connectivity index (χ3n) is 5.28. The average Bonchev–Trinajstić information content (AvgIpc) is 3.52. The molecule has 0 aliphatic rings. The molecule has 0 aliphatic carbocycles. The van der Waals surface area contributed by atoms with Gasteiger partial charge in [0.2, 0.25) is 0 Å². The van der Waals surface area contributed by atoms with E-state index in [9.17, 15) is 0 Å². The van der Waals surface area contributed by atoms with Crippen molar-refractivity contribution in [2.75, 3.05) is 0 Å². The van der Waals surface area contributed by atoms with Crippen molar-refractivity contribution in [2.45, 2.75) is 33.2 Å². The summed E-state index contributed by atoms with van der Waals surface area (Å²) in [5, 5.41) is 16.2. The molecule has 5 aromatic rings. The largest absolute Gasteiger partial charge is 0.266 e. The molecule has 31 heavy (non-hydrogen) atoms. The SMILES string of the molecule is CCc1nc2c(CC)cn(Cc3ccc(-c4ccccc4-n4cnnn4)cc3)n2n1.[K]. The quantitative estimate of drug-likeness (QED) is 0.382. The van der Waals surface area contributed by atoms with Crippen LogP contribution in [0.3, 0.4) is 0 Å². The van der Waals surface area contributed by atoms with Gasteiger partial charge in [-0.3, -0.25) is 4.68 Å². The molecule has 3 aromatic heterocycles. The summed E-state index contributed by atoms with van der Waals surface area (Å²) in [6.07, 6.45) is 5.53. The van der Waals surface area contributed by atoms with E-state index in [4.69, 9.17) is 0 Å². The van der Waals surface area contributed by atoms with Crippen molar-refractivity contribution in [3.8, 4) is 16.8 Å². The first kappa shape index (κ1) is 22.0. The molecule has 2 aromatic carbocycles. The first-order valence-corrected chi connectivity index (χ1v) is 10.1. The number of tetrazole rings is 1. The smallest absolute Gasteiger partial charge is 0.178 e. The van der Waals surface area contributed by atoms with Crippen molar-refractivity contribution in [1.82, 2.24) is 39.6 Å². The van der Waals surface area contributed by atoms with Crippen LogP contribution in [0.15, 0.2) is 61.1 Å². The van der Waals surface area contributed by atoms with Gasteiger partial charge < -0.3 is 0 Å². The van der Waals surface area contributed by atoms with Crippen molar-refractivity contribution in [3.63, 3.8) is 0 Å². The molecule has 151 valence electrons. The van der Waals surface area contributed by atoms with E-state index in [0.29, 0.717) is 0 Å². The Hall–Kier alpha value is -2.17. The van der Waals surface area contributed by atoms with E-state index in [1.807, 2.05) is 22.8 Å². The molecule has 3 heterocycles. The number of hydrogen-bond donors (Lipinski definition) is 0. The molecule has 0 saturated carbocycles. The zero-order chi connectivity index (χ0) is 20.5. The number of fused-ring (bicyclic) bond motifs is 1. The molecule has 0 saturated heterocycles. The number of nitrogens with zero attached hydrogens (tertiary/aromatic N) is 8. The van der Waals surface area contributed by atoms with Crippen molar-refractivity contribution < 1.29 is 0 Å². The Bertz CT molecular complexity index is 1290. The second kappa shape index (κ2) is 9.54. The summed E-state index contributed by atoms with van der Waals surface area (Å²) in [5.74, 6) is 0.878. The minimum atomic E-state index is 0. The zero-order valence-corrected chi connectivity index (χ0v) is 21.1. The first-order chi connectivity index (χ1) is 14.8. The number of rotatable bonds is 6. The molecule has 8 nitrogen and oxygen atoms in total. The van der Waals surface area contributed by atoms with Crippen LogP contribution in [0, 0.1) is 0 Å². The van der Waals surface area contributed by atoms with E-state index in [1.165, 1.54) is 11.1 Å². The normalized spacial score (nSPS) is 11.0. The van der Waals surface area contributed by atoms with Gasteiger partial charge in [0.1, 0.15) is 6.33 Å². The van der Waals surface area contributed by atoms with E-state index in [2.05, 4.69) is 80.7 Å². The number of benzene rings is 2. The van der Waals surface area contributed by atoms with Gasteiger partial charge in [-0.15, -0.1) is 10.2 Å². The topological polar surface area (TPSA) is 78.7 Å². The van der Waals surface area contributed by atoms with Gasteiger partial charge in [0.25, 0.3) is 0 Å². The van der Waals surface area contributed by atoms with Crippen LogP contribution in [-0.4, -0.2) is 91.0 Å². The molecule has 0 spiro atoms. The molecule has 0 N–H and O–H groups in total. The van der Waals surface area contributed by atoms with Crippen LogP contribution < -0.4 is 0 Å². The maximum Gasteiger partial charge on any atom is 0.178 e.